The van der Waals surface area contributed by atoms with E-state index < -0.39 is 0 Å². The highest BCUT2D eigenvalue weighted by molar-refractivity contribution is 5.74. The Bertz CT molecular complexity index is 904. The summed E-state index contributed by atoms with van der Waals surface area (Å²) in [6, 6.07) is 7.00. The second-order valence-electron chi connectivity index (χ2n) is 6.46. The van der Waals surface area contributed by atoms with Crippen LogP contribution in [0, 0.1) is 12.7 Å². The maximum atomic E-state index is 14.3. The monoisotopic (exact) mass is 355 g/mol. The maximum Gasteiger partial charge on any atom is 0.151 e. The molecule has 136 valence electrons. The number of aryl methyl sites for hydroxylation is 1. The lowest BCUT2D eigenvalue weighted by molar-refractivity contribution is 0.0398. The predicted octanol–water partition coefficient (Wildman–Crippen LogP) is 2.59. The predicted molar refractivity (Wildman–Crippen MR) is 98.9 cm³/mol. The number of halogens is 1. The highest BCUT2D eigenvalue weighted by Crippen LogP contribution is 2.29. The number of imidazole rings is 1. The lowest BCUT2D eigenvalue weighted by Crippen LogP contribution is -2.39. The molecule has 3 aromatic rings. The molecule has 7 heteroatoms. The molecule has 0 aliphatic carbocycles. The molecular formula is C19H22FN5O. The Morgan fingerprint density at radius 2 is 2.08 bits per heavy atom. The minimum Gasteiger partial charge on any atom is -0.379 e. The van der Waals surface area contributed by atoms with E-state index in [4.69, 9.17) is 4.74 Å². The van der Waals surface area contributed by atoms with Crippen LogP contribution in [-0.2, 0) is 4.74 Å². The topological polar surface area (TPSA) is 54.7 Å². The van der Waals surface area contributed by atoms with Gasteiger partial charge in [-0.3, -0.25) is 14.3 Å². The molecule has 4 rings (SSSR count). The first-order valence-electron chi connectivity index (χ1n) is 8.86. The van der Waals surface area contributed by atoms with Gasteiger partial charge in [0.05, 0.1) is 13.2 Å². The number of morpholine rings is 1. The van der Waals surface area contributed by atoms with Crippen molar-refractivity contribution in [1.29, 1.82) is 0 Å². The number of ether oxygens (including phenoxy) is 1. The number of hydrogen-bond acceptors (Lipinski definition) is 5. The average molecular weight is 355 g/mol. The molecule has 1 aliphatic rings. The quantitative estimate of drug-likeness (QED) is 0.762. The number of aromatic nitrogens is 3. The molecule has 26 heavy (non-hydrogen) atoms. The lowest BCUT2D eigenvalue weighted by Gasteiger charge is -2.26. The van der Waals surface area contributed by atoms with E-state index in [0.29, 0.717) is 5.69 Å². The van der Waals surface area contributed by atoms with E-state index in [2.05, 4.69) is 20.2 Å². The van der Waals surface area contributed by atoms with Crippen LogP contribution in [0.1, 0.15) is 5.56 Å². The third kappa shape index (κ3) is 3.40. The van der Waals surface area contributed by atoms with Crippen molar-refractivity contribution in [1.82, 2.24) is 19.3 Å². The molecule has 1 saturated heterocycles. The number of nitrogens with one attached hydrogen (secondary N) is 1. The first kappa shape index (κ1) is 16.9. The Kier molecular flexibility index (Phi) is 4.81. The van der Waals surface area contributed by atoms with E-state index in [-0.39, 0.29) is 11.5 Å². The normalized spacial score (nSPS) is 15.5. The van der Waals surface area contributed by atoms with Gasteiger partial charge >= 0.3 is 0 Å². The fourth-order valence-corrected chi connectivity index (χ4v) is 3.20. The van der Waals surface area contributed by atoms with Gasteiger partial charge < -0.3 is 10.1 Å². The molecule has 0 spiro atoms. The van der Waals surface area contributed by atoms with E-state index in [0.717, 1.165) is 56.4 Å². The number of rotatable bonds is 5. The molecule has 3 aromatic heterocycles. The van der Waals surface area contributed by atoms with Gasteiger partial charge in [-0.1, -0.05) is 0 Å². The van der Waals surface area contributed by atoms with Gasteiger partial charge in [-0.15, -0.1) is 0 Å². The zero-order chi connectivity index (χ0) is 17.9. The van der Waals surface area contributed by atoms with E-state index in [1.165, 1.54) is 6.07 Å². The highest BCUT2D eigenvalue weighted by atomic mass is 19.1. The molecule has 0 amide bonds. The van der Waals surface area contributed by atoms with Gasteiger partial charge in [-0.2, -0.15) is 0 Å². The van der Waals surface area contributed by atoms with Gasteiger partial charge in [0.2, 0.25) is 0 Å². The summed E-state index contributed by atoms with van der Waals surface area (Å²) in [6.45, 7) is 7.08. The van der Waals surface area contributed by atoms with Crippen molar-refractivity contribution in [3.05, 3.63) is 48.0 Å². The summed E-state index contributed by atoms with van der Waals surface area (Å²) in [6.07, 6.45) is 3.55. The van der Waals surface area contributed by atoms with Crippen LogP contribution in [0.15, 0.2) is 36.7 Å². The summed E-state index contributed by atoms with van der Waals surface area (Å²) >= 11 is 0. The first-order chi connectivity index (χ1) is 12.7. The van der Waals surface area contributed by atoms with Crippen LogP contribution in [0.25, 0.3) is 17.0 Å². The van der Waals surface area contributed by atoms with Crippen LogP contribution in [0.2, 0.25) is 0 Å². The first-order valence-corrected chi connectivity index (χ1v) is 8.86. The smallest absolute Gasteiger partial charge is 0.151 e. The fraction of sp³-hybridized carbons (Fsp3) is 0.368. The van der Waals surface area contributed by atoms with Gasteiger partial charge in [-0.05, 0) is 36.8 Å². The summed E-state index contributed by atoms with van der Waals surface area (Å²) < 4.78 is 21.7. The van der Waals surface area contributed by atoms with E-state index in [1.54, 1.807) is 12.3 Å². The third-order valence-electron chi connectivity index (χ3n) is 4.59. The standard InChI is InChI=1S/C19H22FN5O/c1-14-4-7-25-16(13-14)23-18(17-15(20)3-2-5-21-17)19(25)22-6-8-24-9-11-26-12-10-24/h2-5,7,13,22H,6,8-12H2,1H3. The molecule has 0 aromatic carbocycles. The molecule has 1 aliphatic heterocycles. The van der Waals surface area contributed by atoms with Crippen LogP contribution >= 0.6 is 0 Å². The number of fused-ring (bicyclic) bond motifs is 1. The highest BCUT2D eigenvalue weighted by Gasteiger charge is 2.18. The van der Waals surface area contributed by atoms with Gasteiger partial charge in [0.25, 0.3) is 0 Å². The van der Waals surface area contributed by atoms with Gasteiger partial charge in [0.15, 0.2) is 5.82 Å². The Hall–Kier alpha value is -2.51. The molecule has 0 unspecified atom stereocenters. The molecular weight excluding hydrogens is 333 g/mol. The second-order valence-corrected chi connectivity index (χ2v) is 6.46. The Morgan fingerprint density at radius 1 is 1.23 bits per heavy atom. The number of pyridine rings is 2. The van der Waals surface area contributed by atoms with Gasteiger partial charge in [-0.25, -0.2) is 9.37 Å². The lowest BCUT2D eigenvalue weighted by atomic mass is 10.2. The van der Waals surface area contributed by atoms with Crippen molar-refractivity contribution >= 4 is 11.5 Å². The van der Waals surface area contributed by atoms with Crippen molar-refractivity contribution in [2.75, 3.05) is 44.7 Å². The van der Waals surface area contributed by atoms with Gasteiger partial charge in [0.1, 0.15) is 22.9 Å². The van der Waals surface area contributed by atoms with Crippen molar-refractivity contribution in [2.24, 2.45) is 0 Å². The van der Waals surface area contributed by atoms with Crippen molar-refractivity contribution in [3.63, 3.8) is 0 Å². The maximum absolute atomic E-state index is 14.3. The second kappa shape index (κ2) is 7.39. The van der Waals surface area contributed by atoms with Crippen LogP contribution in [0.3, 0.4) is 0 Å². The number of anilines is 1. The van der Waals surface area contributed by atoms with E-state index >= 15 is 0 Å². The summed E-state index contributed by atoms with van der Waals surface area (Å²) in [7, 11) is 0. The summed E-state index contributed by atoms with van der Waals surface area (Å²) in [5.74, 6) is 0.398. The van der Waals surface area contributed by atoms with E-state index in [9.17, 15) is 4.39 Å². The average Bonchev–Trinajstić information content (AvgIpc) is 3.00. The summed E-state index contributed by atoms with van der Waals surface area (Å²) in [5, 5.41) is 3.44. The zero-order valence-corrected chi connectivity index (χ0v) is 14.8. The van der Waals surface area contributed by atoms with Crippen LogP contribution in [0.5, 0.6) is 0 Å². The third-order valence-corrected chi connectivity index (χ3v) is 4.59. The van der Waals surface area contributed by atoms with Crippen molar-refractivity contribution in [2.45, 2.75) is 6.92 Å². The molecule has 0 atom stereocenters. The molecule has 0 saturated carbocycles. The van der Waals surface area contributed by atoms with Crippen molar-refractivity contribution in [3.8, 4) is 11.4 Å². The SMILES string of the molecule is Cc1ccn2c(NCCN3CCOCC3)c(-c3ncccc3F)nc2c1. The fourth-order valence-electron chi connectivity index (χ4n) is 3.20. The van der Waals surface area contributed by atoms with E-state index in [1.807, 2.05) is 29.7 Å². The molecule has 4 heterocycles. The largest absolute Gasteiger partial charge is 0.379 e. The summed E-state index contributed by atoms with van der Waals surface area (Å²) in [5.41, 5.74) is 2.69. The minimum absolute atomic E-state index is 0.266. The Labute approximate surface area is 151 Å². The minimum atomic E-state index is -0.371. The van der Waals surface area contributed by atoms with Crippen LogP contribution in [0.4, 0.5) is 10.2 Å². The van der Waals surface area contributed by atoms with Crippen LogP contribution < -0.4 is 5.32 Å². The molecule has 0 radical (unpaired) electrons. The molecule has 1 fully saturated rings. The number of nitrogens with zero attached hydrogens (tertiary/aromatic N) is 4. The zero-order valence-electron chi connectivity index (χ0n) is 14.8. The Morgan fingerprint density at radius 3 is 2.88 bits per heavy atom. The van der Waals surface area contributed by atoms with Crippen molar-refractivity contribution < 1.29 is 9.13 Å². The molecule has 6 nitrogen and oxygen atoms in total. The Balaban J connectivity index is 1.64. The summed E-state index contributed by atoms with van der Waals surface area (Å²) in [4.78, 5) is 11.2. The van der Waals surface area contributed by atoms with Crippen LogP contribution in [-0.4, -0.2) is 58.7 Å². The number of hydrogen-bond donors (Lipinski definition) is 1. The molecule has 1 N–H and O–H groups in total. The van der Waals surface area contributed by atoms with Gasteiger partial charge in [0, 0.05) is 38.6 Å². The molecule has 0 bridgehead atoms.